The zero-order valence-corrected chi connectivity index (χ0v) is 14.4. The van der Waals surface area contributed by atoms with Gasteiger partial charge in [-0.25, -0.2) is 0 Å². The molecule has 1 aliphatic heterocycles. The summed E-state index contributed by atoms with van der Waals surface area (Å²) in [5.41, 5.74) is 2.16. The van der Waals surface area contributed by atoms with Gasteiger partial charge in [-0.2, -0.15) is 0 Å². The first-order chi connectivity index (χ1) is 9.88. The Labute approximate surface area is 136 Å². The van der Waals surface area contributed by atoms with Crippen molar-refractivity contribution in [2.24, 2.45) is 5.92 Å². The lowest BCUT2D eigenvalue weighted by Crippen LogP contribution is -2.31. The van der Waals surface area contributed by atoms with Gasteiger partial charge in [-0.3, -0.25) is 9.69 Å². The molecule has 1 heterocycles. The van der Waals surface area contributed by atoms with Crippen LogP contribution in [0.25, 0.3) is 6.08 Å². The van der Waals surface area contributed by atoms with Gasteiger partial charge in [0.05, 0.1) is 4.91 Å². The fraction of sp³-hybridized carbons (Fsp3) is 0.375. The quantitative estimate of drug-likeness (QED) is 0.624. The minimum Gasteiger partial charge on any atom is -0.378 e. The van der Waals surface area contributed by atoms with Crippen molar-refractivity contribution >= 4 is 46.0 Å². The minimum atomic E-state index is 0.0235. The largest absolute Gasteiger partial charge is 0.378 e. The molecule has 0 unspecified atom stereocenters. The summed E-state index contributed by atoms with van der Waals surface area (Å²) >= 11 is 6.69. The van der Waals surface area contributed by atoms with E-state index in [9.17, 15) is 4.79 Å². The van der Waals surface area contributed by atoms with Crippen LogP contribution >= 0.6 is 24.0 Å². The van der Waals surface area contributed by atoms with Crippen molar-refractivity contribution in [2.75, 3.05) is 25.5 Å². The van der Waals surface area contributed by atoms with Crippen molar-refractivity contribution in [3.05, 3.63) is 34.7 Å². The van der Waals surface area contributed by atoms with Gasteiger partial charge in [0.1, 0.15) is 4.32 Å². The number of hydrogen-bond donors (Lipinski definition) is 0. The molecule has 2 rings (SSSR count). The lowest BCUT2D eigenvalue weighted by Gasteiger charge is -2.16. The number of amides is 1. The summed E-state index contributed by atoms with van der Waals surface area (Å²) in [5.74, 6) is 0.432. The summed E-state index contributed by atoms with van der Waals surface area (Å²) < 4.78 is 0.657. The molecule has 0 aromatic heterocycles. The van der Waals surface area contributed by atoms with Crippen molar-refractivity contribution in [2.45, 2.75) is 13.8 Å². The summed E-state index contributed by atoms with van der Waals surface area (Å²) in [4.78, 5) is 16.8. The lowest BCUT2D eigenvalue weighted by atomic mass is 10.1. The third-order valence-corrected chi connectivity index (χ3v) is 4.51. The van der Waals surface area contributed by atoms with Crippen molar-refractivity contribution < 1.29 is 4.79 Å². The maximum atomic E-state index is 12.4. The summed E-state index contributed by atoms with van der Waals surface area (Å²) in [7, 11) is 4.01. The molecule has 0 aliphatic carbocycles. The van der Waals surface area contributed by atoms with E-state index in [1.807, 2.05) is 49.3 Å². The average Bonchev–Trinajstić information content (AvgIpc) is 2.67. The zero-order chi connectivity index (χ0) is 15.6. The van der Waals surface area contributed by atoms with E-state index in [2.05, 4.69) is 13.8 Å². The SMILES string of the molecule is CC(C)CN1C(=O)/C(=C\c2ccc(N(C)C)cc2)SC1=S. The lowest BCUT2D eigenvalue weighted by molar-refractivity contribution is -0.122. The molecule has 0 atom stereocenters. The summed E-state index contributed by atoms with van der Waals surface area (Å²) in [6.45, 7) is 4.85. The maximum absolute atomic E-state index is 12.4. The molecule has 0 bridgehead atoms. The standard InChI is InChI=1S/C16H20N2OS2/c1-11(2)10-18-15(19)14(21-16(18)20)9-12-5-7-13(8-6-12)17(3)4/h5-9,11H,10H2,1-4H3/b14-9+. The normalized spacial score (nSPS) is 17.2. The van der Waals surface area contributed by atoms with Crippen LogP contribution in [0, 0.1) is 5.92 Å². The second-order valence-electron chi connectivity index (χ2n) is 5.67. The number of benzene rings is 1. The minimum absolute atomic E-state index is 0.0235. The van der Waals surface area contributed by atoms with Crippen LogP contribution < -0.4 is 4.90 Å². The van der Waals surface area contributed by atoms with Crippen LogP contribution in [-0.4, -0.2) is 35.8 Å². The topological polar surface area (TPSA) is 23.6 Å². The van der Waals surface area contributed by atoms with Gasteiger partial charge in [-0.1, -0.05) is 50.0 Å². The maximum Gasteiger partial charge on any atom is 0.266 e. The zero-order valence-electron chi connectivity index (χ0n) is 12.8. The number of hydrogen-bond acceptors (Lipinski definition) is 4. The first-order valence-electron chi connectivity index (χ1n) is 6.91. The van der Waals surface area contributed by atoms with E-state index in [4.69, 9.17) is 12.2 Å². The van der Waals surface area contributed by atoms with Crippen molar-refractivity contribution in [3.8, 4) is 0 Å². The molecular weight excluding hydrogens is 300 g/mol. The Morgan fingerprint density at radius 1 is 1.29 bits per heavy atom. The smallest absolute Gasteiger partial charge is 0.266 e. The first-order valence-corrected chi connectivity index (χ1v) is 8.13. The van der Waals surface area contributed by atoms with Crippen LogP contribution in [0.1, 0.15) is 19.4 Å². The summed E-state index contributed by atoms with van der Waals surface area (Å²) in [6, 6.07) is 8.12. The number of carbonyl (C=O) groups excluding carboxylic acids is 1. The van der Waals surface area contributed by atoms with E-state index < -0.39 is 0 Å². The van der Waals surface area contributed by atoms with Gasteiger partial charge in [-0.15, -0.1) is 0 Å². The van der Waals surface area contributed by atoms with Gasteiger partial charge < -0.3 is 4.90 Å². The van der Waals surface area contributed by atoms with Crippen LogP contribution in [0.4, 0.5) is 5.69 Å². The fourth-order valence-electron chi connectivity index (χ4n) is 2.04. The predicted molar refractivity (Wildman–Crippen MR) is 95.5 cm³/mol. The Bertz CT molecular complexity index is 576. The van der Waals surface area contributed by atoms with E-state index in [-0.39, 0.29) is 5.91 Å². The Morgan fingerprint density at radius 3 is 2.43 bits per heavy atom. The van der Waals surface area contributed by atoms with Gasteiger partial charge in [0.15, 0.2) is 0 Å². The highest BCUT2D eigenvalue weighted by Gasteiger charge is 2.32. The Morgan fingerprint density at radius 2 is 1.90 bits per heavy atom. The molecule has 0 N–H and O–H groups in total. The number of nitrogens with zero attached hydrogens (tertiary/aromatic N) is 2. The van der Waals surface area contributed by atoms with Crippen LogP contribution in [0.5, 0.6) is 0 Å². The molecule has 1 aromatic rings. The first kappa shape index (κ1) is 16.0. The second-order valence-corrected chi connectivity index (χ2v) is 7.35. The van der Waals surface area contributed by atoms with Crippen molar-refractivity contribution in [1.82, 2.24) is 4.90 Å². The highest BCUT2D eigenvalue weighted by atomic mass is 32.2. The molecule has 5 heteroatoms. The number of thiocarbonyl (C=S) groups is 1. The summed E-state index contributed by atoms with van der Waals surface area (Å²) in [6.07, 6.45) is 1.92. The molecule has 1 fully saturated rings. The molecule has 0 radical (unpaired) electrons. The number of anilines is 1. The third kappa shape index (κ3) is 3.86. The van der Waals surface area contributed by atoms with Gasteiger partial charge in [0.25, 0.3) is 5.91 Å². The molecule has 3 nitrogen and oxygen atoms in total. The predicted octanol–water partition coefficient (Wildman–Crippen LogP) is 3.61. The third-order valence-electron chi connectivity index (χ3n) is 3.13. The van der Waals surface area contributed by atoms with Gasteiger partial charge in [0, 0.05) is 26.3 Å². The van der Waals surface area contributed by atoms with E-state index >= 15 is 0 Å². The molecule has 1 saturated heterocycles. The highest BCUT2D eigenvalue weighted by molar-refractivity contribution is 8.26. The Kier molecular flexibility index (Phi) is 5.06. The Hall–Kier alpha value is -1.33. The number of carbonyl (C=O) groups is 1. The van der Waals surface area contributed by atoms with Gasteiger partial charge in [-0.05, 0) is 29.7 Å². The van der Waals surface area contributed by atoms with Crippen LogP contribution in [0.3, 0.4) is 0 Å². The van der Waals surface area contributed by atoms with E-state index in [0.29, 0.717) is 21.7 Å². The van der Waals surface area contributed by atoms with Gasteiger partial charge in [0.2, 0.25) is 0 Å². The number of thioether (sulfide) groups is 1. The monoisotopic (exact) mass is 320 g/mol. The van der Waals surface area contributed by atoms with Crippen LogP contribution in [-0.2, 0) is 4.79 Å². The van der Waals surface area contributed by atoms with E-state index in [1.165, 1.54) is 11.8 Å². The van der Waals surface area contributed by atoms with Crippen LogP contribution in [0.15, 0.2) is 29.2 Å². The molecule has 1 aliphatic rings. The van der Waals surface area contributed by atoms with E-state index in [0.717, 1.165) is 11.3 Å². The molecule has 1 aromatic carbocycles. The van der Waals surface area contributed by atoms with Crippen molar-refractivity contribution in [1.29, 1.82) is 0 Å². The molecule has 0 spiro atoms. The molecular formula is C16H20N2OS2. The van der Waals surface area contributed by atoms with E-state index in [1.54, 1.807) is 4.90 Å². The summed E-state index contributed by atoms with van der Waals surface area (Å²) in [5, 5.41) is 0. The molecule has 21 heavy (non-hydrogen) atoms. The molecule has 112 valence electrons. The number of rotatable bonds is 4. The van der Waals surface area contributed by atoms with Crippen LogP contribution in [0.2, 0.25) is 0 Å². The second kappa shape index (κ2) is 6.62. The molecule has 0 saturated carbocycles. The van der Waals surface area contributed by atoms with Gasteiger partial charge >= 0.3 is 0 Å². The highest BCUT2D eigenvalue weighted by Crippen LogP contribution is 2.33. The Balaban J connectivity index is 2.18. The molecule has 1 amide bonds. The van der Waals surface area contributed by atoms with Crippen molar-refractivity contribution in [3.63, 3.8) is 0 Å². The fourth-order valence-corrected chi connectivity index (χ4v) is 3.32. The average molecular weight is 320 g/mol.